The van der Waals surface area contributed by atoms with E-state index in [1.165, 1.54) is 18.2 Å². The molecule has 1 amide bonds. The van der Waals surface area contributed by atoms with Gasteiger partial charge in [0.05, 0.1) is 30.7 Å². The van der Waals surface area contributed by atoms with Gasteiger partial charge in [-0.1, -0.05) is 34.6 Å². The standard InChI is InChI=1S/C24H21BrFN7O2/c1-2-22(35)29-17-7-8-20(26)21(11-17)31-23-19(15-3-5-16(25)6-4-15)13-27-24(32-23)30-18-12-28-33(14-18)9-10-34/h2-8,11-14,34H,1,9-10H2,(H,29,35)(H2,27,30,31,32). The number of anilines is 5. The number of amides is 1. The number of aromatic nitrogens is 4. The average Bonchev–Trinajstić information content (AvgIpc) is 3.29. The zero-order valence-corrected chi connectivity index (χ0v) is 20.0. The second-order valence-corrected chi connectivity index (χ2v) is 8.23. The van der Waals surface area contributed by atoms with Crippen molar-refractivity contribution in [2.24, 2.45) is 0 Å². The largest absolute Gasteiger partial charge is 0.394 e. The first kappa shape index (κ1) is 24.0. The minimum absolute atomic E-state index is 0.0363. The number of carbonyl (C=O) groups is 1. The lowest BCUT2D eigenvalue weighted by Crippen LogP contribution is -2.08. The topological polar surface area (TPSA) is 117 Å². The Kier molecular flexibility index (Phi) is 7.48. The number of carbonyl (C=O) groups excluding carboxylic acids is 1. The van der Waals surface area contributed by atoms with Crippen LogP contribution in [0.25, 0.3) is 11.1 Å². The number of halogens is 2. The van der Waals surface area contributed by atoms with Gasteiger partial charge in [0.2, 0.25) is 11.9 Å². The summed E-state index contributed by atoms with van der Waals surface area (Å²) in [5.41, 5.74) is 2.59. The van der Waals surface area contributed by atoms with Crippen LogP contribution in [-0.2, 0) is 11.3 Å². The molecule has 0 aliphatic carbocycles. The molecule has 4 N–H and O–H groups in total. The predicted octanol–water partition coefficient (Wildman–Crippen LogP) is 4.85. The van der Waals surface area contributed by atoms with E-state index in [2.05, 4.69) is 53.5 Å². The molecule has 0 unspecified atom stereocenters. The minimum atomic E-state index is -0.526. The lowest BCUT2D eigenvalue weighted by molar-refractivity contribution is -0.111. The Labute approximate surface area is 208 Å². The van der Waals surface area contributed by atoms with Crippen molar-refractivity contribution in [2.45, 2.75) is 6.54 Å². The first-order valence-electron chi connectivity index (χ1n) is 10.5. The van der Waals surface area contributed by atoms with Gasteiger partial charge in [0.25, 0.3) is 0 Å². The summed E-state index contributed by atoms with van der Waals surface area (Å²) in [5.74, 6) is -0.331. The van der Waals surface area contributed by atoms with Gasteiger partial charge in [-0.3, -0.25) is 9.48 Å². The lowest BCUT2D eigenvalue weighted by atomic mass is 10.1. The van der Waals surface area contributed by atoms with Crippen LogP contribution in [0.15, 0.2) is 78.2 Å². The van der Waals surface area contributed by atoms with Crippen molar-refractivity contribution in [3.63, 3.8) is 0 Å². The van der Waals surface area contributed by atoms with Gasteiger partial charge in [-0.2, -0.15) is 10.1 Å². The minimum Gasteiger partial charge on any atom is -0.394 e. The smallest absolute Gasteiger partial charge is 0.247 e. The molecule has 4 rings (SSSR count). The van der Waals surface area contributed by atoms with Crippen molar-refractivity contribution >= 4 is 50.7 Å². The molecule has 0 saturated heterocycles. The monoisotopic (exact) mass is 537 g/mol. The Morgan fingerprint density at radius 2 is 1.94 bits per heavy atom. The van der Waals surface area contributed by atoms with Crippen LogP contribution in [0.5, 0.6) is 0 Å². The fourth-order valence-electron chi connectivity index (χ4n) is 3.18. The maximum atomic E-state index is 14.7. The van der Waals surface area contributed by atoms with Crippen LogP contribution in [0.2, 0.25) is 0 Å². The molecule has 35 heavy (non-hydrogen) atoms. The average molecular weight is 538 g/mol. The third-order valence-corrected chi connectivity index (χ3v) is 5.36. The molecular formula is C24H21BrFN7O2. The normalized spacial score (nSPS) is 10.6. The van der Waals surface area contributed by atoms with Crippen LogP contribution >= 0.6 is 15.9 Å². The summed E-state index contributed by atoms with van der Waals surface area (Å²) in [5, 5.41) is 21.9. The number of rotatable bonds is 9. The van der Waals surface area contributed by atoms with Crippen molar-refractivity contribution in [1.29, 1.82) is 0 Å². The van der Waals surface area contributed by atoms with Gasteiger partial charge < -0.3 is 21.1 Å². The molecule has 9 nitrogen and oxygen atoms in total. The van der Waals surface area contributed by atoms with Gasteiger partial charge >= 0.3 is 0 Å². The van der Waals surface area contributed by atoms with Gasteiger partial charge in [-0.05, 0) is 42.0 Å². The molecule has 0 atom stereocenters. The molecule has 0 fully saturated rings. The number of nitrogens with zero attached hydrogens (tertiary/aromatic N) is 4. The summed E-state index contributed by atoms with van der Waals surface area (Å²) in [4.78, 5) is 20.6. The highest BCUT2D eigenvalue weighted by Gasteiger charge is 2.14. The molecule has 0 bridgehead atoms. The SMILES string of the molecule is C=CC(=O)Nc1ccc(F)c(Nc2nc(Nc3cnn(CCO)c3)ncc2-c2ccc(Br)cc2)c1. The van der Waals surface area contributed by atoms with Gasteiger partial charge in [-0.15, -0.1) is 0 Å². The molecular weight excluding hydrogens is 517 g/mol. The quantitative estimate of drug-likeness (QED) is 0.225. The summed E-state index contributed by atoms with van der Waals surface area (Å²) >= 11 is 3.42. The zero-order valence-electron chi connectivity index (χ0n) is 18.4. The van der Waals surface area contributed by atoms with Crippen LogP contribution in [0.4, 0.5) is 33.2 Å². The van der Waals surface area contributed by atoms with Crippen molar-refractivity contribution in [1.82, 2.24) is 19.7 Å². The molecule has 4 aromatic rings. The Morgan fingerprint density at radius 1 is 1.14 bits per heavy atom. The first-order chi connectivity index (χ1) is 16.9. The van der Waals surface area contributed by atoms with Crippen LogP contribution in [0, 0.1) is 5.82 Å². The third kappa shape index (κ3) is 6.08. The number of hydrogen-bond acceptors (Lipinski definition) is 7. The van der Waals surface area contributed by atoms with Gasteiger partial charge in [0.15, 0.2) is 0 Å². The number of aliphatic hydroxyl groups is 1. The maximum absolute atomic E-state index is 14.7. The molecule has 0 radical (unpaired) electrons. The molecule has 11 heteroatoms. The van der Waals surface area contributed by atoms with Crippen molar-refractivity contribution in [3.05, 3.63) is 84.0 Å². The van der Waals surface area contributed by atoms with Crippen LogP contribution in [-0.4, -0.2) is 37.4 Å². The molecule has 2 aromatic carbocycles. The highest BCUT2D eigenvalue weighted by atomic mass is 79.9. The lowest BCUT2D eigenvalue weighted by Gasteiger charge is -2.14. The van der Waals surface area contributed by atoms with Gasteiger partial charge in [0.1, 0.15) is 11.6 Å². The van der Waals surface area contributed by atoms with E-state index >= 15 is 0 Å². The Morgan fingerprint density at radius 3 is 2.69 bits per heavy atom. The van der Waals surface area contributed by atoms with E-state index in [1.807, 2.05) is 24.3 Å². The first-order valence-corrected chi connectivity index (χ1v) is 11.3. The second kappa shape index (κ2) is 10.9. The highest BCUT2D eigenvalue weighted by molar-refractivity contribution is 9.10. The van der Waals surface area contributed by atoms with E-state index < -0.39 is 11.7 Å². The highest BCUT2D eigenvalue weighted by Crippen LogP contribution is 2.32. The summed E-state index contributed by atoms with van der Waals surface area (Å²) in [6, 6.07) is 11.7. The molecule has 0 saturated carbocycles. The van der Waals surface area contributed by atoms with Crippen LogP contribution < -0.4 is 16.0 Å². The van der Waals surface area contributed by atoms with E-state index in [0.29, 0.717) is 29.3 Å². The van der Waals surface area contributed by atoms with Gasteiger partial charge in [-0.25, -0.2) is 9.37 Å². The Bertz CT molecular complexity index is 1360. The molecule has 0 aliphatic rings. The number of aliphatic hydroxyl groups excluding tert-OH is 1. The molecule has 0 spiro atoms. The van der Waals surface area contributed by atoms with Crippen molar-refractivity contribution in [3.8, 4) is 11.1 Å². The molecule has 0 aliphatic heterocycles. The van der Waals surface area contributed by atoms with E-state index in [4.69, 9.17) is 5.11 Å². The third-order valence-electron chi connectivity index (χ3n) is 4.83. The van der Waals surface area contributed by atoms with Gasteiger partial charge in [0, 0.05) is 28.1 Å². The van der Waals surface area contributed by atoms with Crippen molar-refractivity contribution in [2.75, 3.05) is 22.6 Å². The van der Waals surface area contributed by atoms with E-state index in [-0.39, 0.29) is 18.2 Å². The Hall–Kier alpha value is -4.09. The summed E-state index contributed by atoms with van der Waals surface area (Å²) in [7, 11) is 0. The van der Waals surface area contributed by atoms with E-state index in [1.54, 1.807) is 23.3 Å². The second-order valence-electron chi connectivity index (χ2n) is 7.32. The van der Waals surface area contributed by atoms with E-state index in [9.17, 15) is 9.18 Å². The summed E-state index contributed by atoms with van der Waals surface area (Å²) in [6.45, 7) is 3.75. The fourth-order valence-corrected chi connectivity index (χ4v) is 3.44. The summed E-state index contributed by atoms with van der Waals surface area (Å²) in [6.07, 6.45) is 6.05. The zero-order chi connectivity index (χ0) is 24.8. The summed E-state index contributed by atoms with van der Waals surface area (Å²) < 4.78 is 17.2. The van der Waals surface area contributed by atoms with E-state index in [0.717, 1.165) is 16.1 Å². The van der Waals surface area contributed by atoms with Crippen LogP contribution in [0.3, 0.4) is 0 Å². The molecule has 178 valence electrons. The molecule has 2 heterocycles. The predicted molar refractivity (Wildman–Crippen MR) is 136 cm³/mol. The maximum Gasteiger partial charge on any atom is 0.247 e. The molecule has 2 aromatic heterocycles. The van der Waals surface area contributed by atoms with Crippen molar-refractivity contribution < 1.29 is 14.3 Å². The Balaban J connectivity index is 1.70. The fraction of sp³-hybridized carbons (Fsp3) is 0.0833. The van der Waals surface area contributed by atoms with Crippen LogP contribution in [0.1, 0.15) is 0 Å². The number of benzene rings is 2. The number of hydrogen-bond donors (Lipinski definition) is 4. The number of nitrogens with one attached hydrogen (secondary N) is 3.